The normalized spacial score (nSPS) is 29.5. The Morgan fingerprint density at radius 2 is 2.07 bits per heavy atom. The van der Waals surface area contributed by atoms with Crippen molar-refractivity contribution in [2.45, 2.75) is 19.4 Å². The van der Waals surface area contributed by atoms with E-state index < -0.39 is 0 Å². The van der Waals surface area contributed by atoms with Crippen LogP contribution in [0, 0.1) is 5.92 Å². The van der Waals surface area contributed by atoms with Gasteiger partial charge in [0.1, 0.15) is 0 Å². The molecule has 0 N–H and O–H groups in total. The average molecular weight is 199 g/mol. The van der Waals surface area contributed by atoms with Crippen molar-refractivity contribution in [1.82, 2.24) is 4.90 Å². The summed E-state index contributed by atoms with van der Waals surface area (Å²) in [6.07, 6.45) is 3.82. The minimum Gasteiger partial charge on any atom is -0.297 e. The van der Waals surface area contributed by atoms with Gasteiger partial charge in [0.05, 0.1) is 0 Å². The van der Waals surface area contributed by atoms with Gasteiger partial charge in [0.15, 0.2) is 0 Å². The zero-order valence-corrected chi connectivity index (χ0v) is 9.19. The first-order valence-corrected chi connectivity index (χ1v) is 5.89. The number of likely N-dealkylation sites (N-methyl/N-ethyl adjacent to an activating group) is 1. The first-order chi connectivity index (χ1) is 7.38. The molecule has 1 saturated heterocycles. The van der Waals surface area contributed by atoms with Gasteiger partial charge in [-0.25, -0.2) is 0 Å². The summed E-state index contributed by atoms with van der Waals surface area (Å²) in [7, 11) is 0. The number of likely N-dealkylation sites (tertiary alicyclic amines) is 1. The molecule has 1 fully saturated rings. The molecule has 15 heavy (non-hydrogen) atoms. The fraction of sp³-hybridized carbons (Fsp3) is 0.429. The zero-order valence-electron chi connectivity index (χ0n) is 9.19. The molecule has 2 atom stereocenters. The summed E-state index contributed by atoms with van der Waals surface area (Å²) < 4.78 is 0. The van der Waals surface area contributed by atoms with Gasteiger partial charge in [-0.3, -0.25) is 4.90 Å². The van der Waals surface area contributed by atoms with Gasteiger partial charge in [0.2, 0.25) is 0 Å². The standard InChI is InChI=1S/C14H17N/c1-2-15-10-12-8-13(15)9-14(12)11-6-4-3-5-7-11/h3-7,9,12-13H,2,8,10H2,1H3. The first-order valence-electron chi connectivity index (χ1n) is 5.89. The Bertz CT molecular complexity index is 380. The number of hydrogen-bond acceptors (Lipinski definition) is 1. The van der Waals surface area contributed by atoms with Gasteiger partial charge in [-0.15, -0.1) is 0 Å². The van der Waals surface area contributed by atoms with E-state index in [9.17, 15) is 0 Å². The quantitative estimate of drug-likeness (QED) is 0.708. The molecule has 2 aliphatic rings. The van der Waals surface area contributed by atoms with Gasteiger partial charge < -0.3 is 0 Å². The molecule has 1 aliphatic carbocycles. The second-order valence-corrected chi connectivity index (χ2v) is 4.58. The highest BCUT2D eigenvalue weighted by Gasteiger charge is 2.37. The molecule has 0 spiro atoms. The average Bonchev–Trinajstić information content (AvgIpc) is 2.89. The Labute approximate surface area is 91.4 Å². The van der Waals surface area contributed by atoms with Crippen LogP contribution in [0.2, 0.25) is 0 Å². The maximum Gasteiger partial charge on any atom is 0.0290 e. The summed E-state index contributed by atoms with van der Waals surface area (Å²) in [5.41, 5.74) is 3.02. The van der Waals surface area contributed by atoms with Crippen LogP contribution in [0.4, 0.5) is 0 Å². The summed E-state index contributed by atoms with van der Waals surface area (Å²) in [5.74, 6) is 0.789. The SMILES string of the molecule is CCN1CC2CC1C=C2c1ccccc1. The number of benzene rings is 1. The third-order valence-electron chi connectivity index (χ3n) is 3.77. The molecule has 1 heterocycles. The molecular weight excluding hydrogens is 182 g/mol. The highest BCUT2D eigenvalue weighted by atomic mass is 15.2. The van der Waals surface area contributed by atoms with E-state index in [4.69, 9.17) is 0 Å². The minimum atomic E-state index is 0.718. The van der Waals surface area contributed by atoms with Crippen LogP contribution in [0.25, 0.3) is 5.57 Å². The summed E-state index contributed by atoms with van der Waals surface area (Å²) in [6.45, 7) is 4.72. The maximum atomic E-state index is 2.58. The summed E-state index contributed by atoms with van der Waals surface area (Å²) in [6, 6.07) is 11.6. The second-order valence-electron chi connectivity index (χ2n) is 4.58. The molecule has 78 valence electrons. The van der Waals surface area contributed by atoms with E-state index in [0.717, 1.165) is 12.0 Å². The fourth-order valence-electron chi connectivity index (χ4n) is 3.00. The predicted molar refractivity (Wildman–Crippen MR) is 63.6 cm³/mol. The van der Waals surface area contributed by atoms with Gasteiger partial charge >= 0.3 is 0 Å². The van der Waals surface area contributed by atoms with Crippen molar-refractivity contribution >= 4 is 5.57 Å². The maximum absolute atomic E-state index is 2.58. The highest BCUT2D eigenvalue weighted by Crippen LogP contribution is 2.41. The van der Waals surface area contributed by atoms with E-state index in [1.54, 1.807) is 5.57 Å². The van der Waals surface area contributed by atoms with Crippen molar-refractivity contribution < 1.29 is 0 Å². The second kappa shape index (κ2) is 3.49. The number of fused-ring (bicyclic) bond motifs is 2. The summed E-state index contributed by atoms with van der Waals surface area (Å²) >= 11 is 0. The summed E-state index contributed by atoms with van der Waals surface area (Å²) in [4.78, 5) is 2.58. The molecule has 1 nitrogen and oxygen atoms in total. The van der Waals surface area contributed by atoms with E-state index in [2.05, 4.69) is 48.2 Å². The smallest absolute Gasteiger partial charge is 0.0290 e. The lowest BCUT2D eigenvalue weighted by Gasteiger charge is -2.24. The predicted octanol–water partition coefficient (Wildman–Crippen LogP) is 2.79. The van der Waals surface area contributed by atoms with Crippen LogP contribution in [0.3, 0.4) is 0 Å². The molecule has 0 saturated carbocycles. The van der Waals surface area contributed by atoms with Gasteiger partial charge in [0.25, 0.3) is 0 Å². The zero-order chi connectivity index (χ0) is 10.3. The Balaban J connectivity index is 1.90. The third-order valence-corrected chi connectivity index (χ3v) is 3.77. The molecule has 1 aromatic carbocycles. The third kappa shape index (κ3) is 1.42. The minimum absolute atomic E-state index is 0.718. The van der Waals surface area contributed by atoms with Crippen molar-refractivity contribution in [2.24, 2.45) is 5.92 Å². The topological polar surface area (TPSA) is 3.24 Å². The van der Waals surface area contributed by atoms with Crippen LogP contribution in [-0.4, -0.2) is 24.0 Å². The monoisotopic (exact) mass is 199 g/mol. The van der Waals surface area contributed by atoms with Gasteiger partial charge in [-0.2, -0.15) is 0 Å². The van der Waals surface area contributed by atoms with E-state index >= 15 is 0 Å². The molecule has 2 unspecified atom stereocenters. The van der Waals surface area contributed by atoms with Crippen molar-refractivity contribution in [3.05, 3.63) is 42.0 Å². The van der Waals surface area contributed by atoms with E-state index in [0.29, 0.717) is 0 Å². The van der Waals surface area contributed by atoms with Crippen LogP contribution < -0.4 is 0 Å². The molecule has 0 aromatic heterocycles. The van der Waals surface area contributed by atoms with Crippen LogP contribution in [0.15, 0.2) is 36.4 Å². The largest absolute Gasteiger partial charge is 0.297 e. The lowest BCUT2D eigenvalue weighted by molar-refractivity contribution is 0.297. The van der Waals surface area contributed by atoms with E-state index in [-0.39, 0.29) is 0 Å². The molecule has 1 aliphatic heterocycles. The van der Waals surface area contributed by atoms with E-state index in [1.807, 2.05) is 0 Å². The van der Waals surface area contributed by atoms with Crippen molar-refractivity contribution in [3.8, 4) is 0 Å². The van der Waals surface area contributed by atoms with Crippen molar-refractivity contribution in [1.29, 1.82) is 0 Å². The van der Waals surface area contributed by atoms with Gasteiger partial charge in [0, 0.05) is 12.6 Å². The highest BCUT2D eigenvalue weighted by molar-refractivity contribution is 5.71. The van der Waals surface area contributed by atoms with Crippen LogP contribution in [0.5, 0.6) is 0 Å². The number of nitrogens with zero attached hydrogens (tertiary/aromatic N) is 1. The molecule has 1 heteroatoms. The Kier molecular flexibility index (Phi) is 2.14. The molecule has 0 radical (unpaired) electrons. The Morgan fingerprint density at radius 1 is 1.27 bits per heavy atom. The Morgan fingerprint density at radius 3 is 2.67 bits per heavy atom. The summed E-state index contributed by atoms with van der Waals surface area (Å²) in [5, 5.41) is 0. The molecule has 2 bridgehead atoms. The fourth-order valence-corrected chi connectivity index (χ4v) is 3.00. The van der Waals surface area contributed by atoms with Crippen LogP contribution >= 0.6 is 0 Å². The van der Waals surface area contributed by atoms with Crippen LogP contribution in [-0.2, 0) is 0 Å². The molecule has 3 rings (SSSR count). The number of hydrogen-bond donors (Lipinski definition) is 0. The number of rotatable bonds is 2. The molecule has 0 amide bonds. The van der Waals surface area contributed by atoms with E-state index in [1.165, 1.54) is 25.1 Å². The van der Waals surface area contributed by atoms with Gasteiger partial charge in [-0.05, 0) is 30.0 Å². The lowest BCUT2D eigenvalue weighted by Crippen LogP contribution is -2.30. The van der Waals surface area contributed by atoms with Gasteiger partial charge in [-0.1, -0.05) is 43.3 Å². The van der Waals surface area contributed by atoms with Crippen molar-refractivity contribution in [2.75, 3.05) is 13.1 Å². The Hall–Kier alpha value is -1.08. The molecule has 1 aromatic rings. The van der Waals surface area contributed by atoms with Crippen molar-refractivity contribution in [3.63, 3.8) is 0 Å². The first kappa shape index (κ1) is 9.17. The lowest BCUT2D eigenvalue weighted by atomic mass is 9.95. The molecular formula is C14H17N. The van der Waals surface area contributed by atoms with Crippen LogP contribution in [0.1, 0.15) is 18.9 Å².